The Kier molecular flexibility index (Phi) is 4.10. The van der Waals surface area contributed by atoms with Crippen LogP contribution in [0.2, 0.25) is 0 Å². The standard InChI is InChI=1S/C14H16FN5O2/c15-10-3-8(6-21)4-12(10)19-14-9(5-16-7-17-14)13(22)11-1-2-18-20-11/h1-2,5,7-8,10,12,21H,3-4,6H2,(H,18,20)(H,16,17,19). The third kappa shape index (κ3) is 2.82. The largest absolute Gasteiger partial charge is 0.396 e. The van der Waals surface area contributed by atoms with Gasteiger partial charge < -0.3 is 10.4 Å². The predicted octanol–water partition coefficient (Wildman–Crippen LogP) is 0.952. The summed E-state index contributed by atoms with van der Waals surface area (Å²) < 4.78 is 14.0. The van der Waals surface area contributed by atoms with Crippen LogP contribution in [-0.2, 0) is 0 Å². The molecule has 0 aliphatic heterocycles. The van der Waals surface area contributed by atoms with Crippen LogP contribution in [0.4, 0.5) is 10.2 Å². The number of hydrogen-bond acceptors (Lipinski definition) is 6. The fraction of sp³-hybridized carbons (Fsp3) is 0.429. The van der Waals surface area contributed by atoms with E-state index in [2.05, 4.69) is 25.5 Å². The quantitative estimate of drug-likeness (QED) is 0.711. The van der Waals surface area contributed by atoms with E-state index < -0.39 is 12.2 Å². The van der Waals surface area contributed by atoms with Crippen LogP contribution < -0.4 is 5.32 Å². The molecule has 0 amide bonds. The van der Waals surface area contributed by atoms with Gasteiger partial charge in [0.2, 0.25) is 5.78 Å². The summed E-state index contributed by atoms with van der Waals surface area (Å²) in [7, 11) is 0. The Morgan fingerprint density at radius 2 is 2.36 bits per heavy atom. The minimum Gasteiger partial charge on any atom is -0.396 e. The number of nitrogens with one attached hydrogen (secondary N) is 2. The molecule has 3 rings (SSSR count). The van der Waals surface area contributed by atoms with Crippen molar-refractivity contribution in [2.75, 3.05) is 11.9 Å². The lowest BCUT2D eigenvalue weighted by Crippen LogP contribution is -2.27. The van der Waals surface area contributed by atoms with Crippen molar-refractivity contribution in [3.63, 3.8) is 0 Å². The van der Waals surface area contributed by atoms with Gasteiger partial charge in [-0.3, -0.25) is 9.89 Å². The first-order valence-electron chi connectivity index (χ1n) is 7.04. The van der Waals surface area contributed by atoms with Crippen molar-refractivity contribution in [1.29, 1.82) is 0 Å². The highest BCUT2D eigenvalue weighted by molar-refractivity contribution is 6.10. The molecular weight excluding hydrogens is 289 g/mol. The number of anilines is 1. The molecule has 1 aliphatic rings. The second kappa shape index (κ2) is 6.18. The number of carbonyl (C=O) groups is 1. The van der Waals surface area contributed by atoms with Gasteiger partial charge in [-0.2, -0.15) is 5.10 Å². The van der Waals surface area contributed by atoms with Crippen molar-refractivity contribution in [2.45, 2.75) is 25.1 Å². The van der Waals surface area contributed by atoms with Crippen molar-refractivity contribution in [3.05, 3.63) is 36.0 Å². The molecule has 1 saturated carbocycles. The molecule has 2 aromatic rings. The number of carbonyl (C=O) groups excluding carboxylic acids is 1. The molecule has 0 aromatic carbocycles. The number of alkyl halides is 1. The van der Waals surface area contributed by atoms with Gasteiger partial charge in [-0.15, -0.1) is 0 Å². The van der Waals surface area contributed by atoms with Crippen LogP contribution in [0.5, 0.6) is 0 Å². The maximum atomic E-state index is 14.0. The summed E-state index contributed by atoms with van der Waals surface area (Å²) in [5, 5.41) is 18.5. The Hall–Kier alpha value is -2.35. The Balaban J connectivity index is 1.82. The van der Waals surface area contributed by atoms with E-state index >= 15 is 0 Å². The van der Waals surface area contributed by atoms with E-state index in [4.69, 9.17) is 5.11 Å². The summed E-state index contributed by atoms with van der Waals surface area (Å²) in [6, 6.07) is 1.08. The summed E-state index contributed by atoms with van der Waals surface area (Å²) in [6.45, 7) is -0.0394. The highest BCUT2D eigenvalue weighted by atomic mass is 19.1. The lowest BCUT2D eigenvalue weighted by molar-refractivity contribution is 0.103. The van der Waals surface area contributed by atoms with Crippen molar-refractivity contribution in [3.8, 4) is 0 Å². The van der Waals surface area contributed by atoms with E-state index in [-0.39, 0.29) is 23.9 Å². The first-order chi connectivity index (χ1) is 10.7. The Morgan fingerprint density at radius 3 is 3.05 bits per heavy atom. The summed E-state index contributed by atoms with van der Waals surface area (Å²) in [5.74, 6) is -0.0883. The lowest BCUT2D eigenvalue weighted by Gasteiger charge is -2.17. The van der Waals surface area contributed by atoms with E-state index in [0.717, 1.165) is 0 Å². The molecule has 3 N–H and O–H groups in total. The highest BCUT2D eigenvalue weighted by Gasteiger charge is 2.34. The topological polar surface area (TPSA) is 104 Å². The molecule has 8 heteroatoms. The summed E-state index contributed by atoms with van der Waals surface area (Å²) >= 11 is 0. The monoisotopic (exact) mass is 305 g/mol. The number of rotatable bonds is 5. The lowest BCUT2D eigenvalue weighted by atomic mass is 10.1. The molecule has 22 heavy (non-hydrogen) atoms. The minimum absolute atomic E-state index is 0.0394. The smallest absolute Gasteiger partial charge is 0.216 e. The minimum atomic E-state index is -1.08. The number of aliphatic hydroxyl groups is 1. The number of aromatic nitrogens is 4. The van der Waals surface area contributed by atoms with Crippen LogP contribution in [0, 0.1) is 5.92 Å². The number of aromatic amines is 1. The van der Waals surface area contributed by atoms with Gasteiger partial charge in [0, 0.05) is 19.0 Å². The van der Waals surface area contributed by atoms with Crippen LogP contribution in [0.1, 0.15) is 28.9 Å². The molecule has 1 fully saturated rings. The molecule has 2 aromatic heterocycles. The predicted molar refractivity (Wildman–Crippen MR) is 76.2 cm³/mol. The second-order valence-electron chi connectivity index (χ2n) is 5.37. The SMILES string of the molecule is O=C(c1ccn[nH]1)c1cncnc1NC1CC(CO)CC1F. The van der Waals surface area contributed by atoms with Gasteiger partial charge in [0.15, 0.2) is 0 Å². The summed E-state index contributed by atoms with van der Waals surface area (Å²) in [6.07, 6.45) is 3.90. The van der Waals surface area contributed by atoms with Gasteiger partial charge in [0.05, 0.1) is 11.6 Å². The maximum Gasteiger partial charge on any atom is 0.216 e. The number of aliphatic hydroxyl groups excluding tert-OH is 1. The average molecular weight is 305 g/mol. The zero-order valence-corrected chi connectivity index (χ0v) is 11.7. The van der Waals surface area contributed by atoms with E-state index in [1.807, 2.05) is 0 Å². The first-order valence-corrected chi connectivity index (χ1v) is 7.04. The molecule has 0 radical (unpaired) electrons. The molecule has 3 atom stereocenters. The molecule has 0 saturated heterocycles. The van der Waals surface area contributed by atoms with E-state index in [1.165, 1.54) is 18.7 Å². The molecule has 7 nitrogen and oxygen atoms in total. The number of ketones is 1. The zero-order chi connectivity index (χ0) is 15.5. The third-order valence-electron chi connectivity index (χ3n) is 3.86. The van der Waals surface area contributed by atoms with Gasteiger partial charge in [0.25, 0.3) is 0 Å². The molecule has 3 unspecified atom stereocenters. The van der Waals surface area contributed by atoms with E-state index in [1.54, 1.807) is 6.07 Å². The van der Waals surface area contributed by atoms with Crippen molar-refractivity contribution >= 4 is 11.6 Å². The van der Waals surface area contributed by atoms with Gasteiger partial charge in [-0.05, 0) is 24.8 Å². The third-order valence-corrected chi connectivity index (χ3v) is 3.86. The van der Waals surface area contributed by atoms with E-state index in [0.29, 0.717) is 24.4 Å². The van der Waals surface area contributed by atoms with Crippen molar-refractivity contribution < 1.29 is 14.3 Å². The molecule has 1 aliphatic carbocycles. The molecular formula is C14H16FN5O2. The number of H-pyrrole nitrogens is 1. The van der Waals surface area contributed by atoms with Crippen LogP contribution in [0.3, 0.4) is 0 Å². The zero-order valence-electron chi connectivity index (χ0n) is 11.7. The van der Waals surface area contributed by atoms with Crippen LogP contribution >= 0.6 is 0 Å². The Morgan fingerprint density at radius 1 is 1.50 bits per heavy atom. The van der Waals surface area contributed by atoms with E-state index in [9.17, 15) is 9.18 Å². The summed E-state index contributed by atoms with van der Waals surface area (Å²) in [5.41, 5.74) is 0.570. The fourth-order valence-electron chi connectivity index (χ4n) is 2.70. The van der Waals surface area contributed by atoms with Gasteiger partial charge >= 0.3 is 0 Å². The van der Waals surface area contributed by atoms with Crippen molar-refractivity contribution in [1.82, 2.24) is 20.2 Å². The second-order valence-corrected chi connectivity index (χ2v) is 5.37. The first kappa shape index (κ1) is 14.6. The average Bonchev–Trinajstić information content (AvgIpc) is 3.18. The molecule has 116 valence electrons. The summed E-state index contributed by atoms with van der Waals surface area (Å²) in [4.78, 5) is 20.3. The number of hydrogen-bond donors (Lipinski definition) is 3. The molecule has 0 bridgehead atoms. The molecule has 2 heterocycles. The molecule has 0 spiro atoms. The van der Waals surface area contributed by atoms with Gasteiger partial charge in [-0.25, -0.2) is 14.4 Å². The Labute approximate surface area is 126 Å². The van der Waals surface area contributed by atoms with Crippen LogP contribution in [0.15, 0.2) is 24.8 Å². The highest BCUT2D eigenvalue weighted by Crippen LogP contribution is 2.30. The van der Waals surface area contributed by atoms with Gasteiger partial charge in [0.1, 0.15) is 24.0 Å². The van der Waals surface area contributed by atoms with Crippen LogP contribution in [0.25, 0.3) is 0 Å². The Bertz CT molecular complexity index is 648. The fourth-order valence-corrected chi connectivity index (χ4v) is 2.70. The van der Waals surface area contributed by atoms with Crippen LogP contribution in [-0.4, -0.2) is 49.9 Å². The normalized spacial score (nSPS) is 24.4. The van der Waals surface area contributed by atoms with Gasteiger partial charge in [-0.1, -0.05) is 0 Å². The maximum absolute atomic E-state index is 14.0. The number of nitrogens with zero attached hydrogens (tertiary/aromatic N) is 3. The number of halogens is 1. The van der Waals surface area contributed by atoms with Crippen molar-refractivity contribution in [2.24, 2.45) is 5.92 Å².